The SMILES string of the molecule is O=C(Cc1csc2nc(-c3ccccc3)cn12)N1CCCc2ccccc21. The summed E-state index contributed by atoms with van der Waals surface area (Å²) in [6, 6.07) is 18.4. The first-order chi connectivity index (χ1) is 13.3. The summed E-state index contributed by atoms with van der Waals surface area (Å²) in [5, 5.41) is 2.05. The standard InChI is InChI=1S/C22H19N3OS/c26-21(24-12-6-10-17-9-4-5-11-20(17)24)13-18-15-27-22-23-19(14-25(18)22)16-7-2-1-3-8-16/h1-5,7-9,11,14-15H,6,10,12-13H2. The topological polar surface area (TPSA) is 37.6 Å². The van der Waals surface area contributed by atoms with Crippen molar-refractivity contribution in [1.29, 1.82) is 0 Å². The Balaban J connectivity index is 1.44. The Hall–Kier alpha value is -2.92. The van der Waals surface area contributed by atoms with Gasteiger partial charge in [0.2, 0.25) is 5.91 Å². The summed E-state index contributed by atoms with van der Waals surface area (Å²) in [6.45, 7) is 0.794. The zero-order valence-corrected chi connectivity index (χ0v) is 15.7. The average molecular weight is 373 g/mol. The van der Waals surface area contributed by atoms with Crippen molar-refractivity contribution in [3.05, 3.63) is 77.4 Å². The van der Waals surface area contributed by atoms with Gasteiger partial charge in [-0.2, -0.15) is 0 Å². The third kappa shape index (κ3) is 2.94. The van der Waals surface area contributed by atoms with Gasteiger partial charge in [-0.05, 0) is 24.5 Å². The molecule has 0 aliphatic carbocycles. The lowest BCUT2D eigenvalue weighted by Crippen LogP contribution is -2.36. The van der Waals surface area contributed by atoms with Gasteiger partial charge in [0.25, 0.3) is 0 Å². The molecule has 134 valence electrons. The second-order valence-electron chi connectivity index (χ2n) is 6.83. The van der Waals surface area contributed by atoms with E-state index < -0.39 is 0 Å². The van der Waals surface area contributed by atoms with Gasteiger partial charge in [0.1, 0.15) is 0 Å². The largest absolute Gasteiger partial charge is 0.312 e. The van der Waals surface area contributed by atoms with Crippen molar-refractivity contribution in [2.45, 2.75) is 19.3 Å². The minimum Gasteiger partial charge on any atom is -0.312 e. The third-order valence-corrected chi connectivity index (χ3v) is 5.99. The lowest BCUT2D eigenvalue weighted by molar-refractivity contribution is -0.118. The molecule has 1 aliphatic rings. The van der Waals surface area contributed by atoms with Gasteiger partial charge in [0.05, 0.1) is 12.1 Å². The van der Waals surface area contributed by atoms with E-state index in [-0.39, 0.29) is 5.91 Å². The molecule has 0 fully saturated rings. The number of amides is 1. The summed E-state index contributed by atoms with van der Waals surface area (Å²) in [4.78, 5) is 20.6. The molecule has 5 rings (SSSR count). The van der Waals surface area contributed by atoms with E-state index in [9.17, 15) is 4.79 Å². The van der Waals surface area contributed by atoms with Crippen molar-refractivity contribution >= 4 is 27.9 Å². The van der Waals surface area contributed by atoms with Crippen LogP contribution in [0.25, 0.3) is 16.2 Å². The second kappa shape index (κ2) is 6.67. The Kier molecular flexibility index (Phi) is 4.02. The van der Waals surface area contributed by atoms with Crippen molar-refractivity contribution in [2.75, 3.05) is 11.4 Å². The van der Waals surface area contributed by atoms with E-state index in [1.165, 1.54) is 5.56 Å². The predicted molar refractivity (Wildman–Crippen MR) is 109 cm³/mol. The second-order valence-corrected chi connectivity index (χ2v) is 7.66. The molecule has 0 radical (unpaired) electrons. The molecule has 4 nitrogen and oxygen atoms in total. The number of carbonyl (C=O) groups is 1. The fraction of sp³-hybridized carbons (Fsp3) is 0.182. The highest BCUT2D eigenvalue weighted by atomic mass is 32.1. The molecule has 2 aromatic carbocycles. The fourth-order valence-corrected chi connectivity index (χ4v) is 4.62. The molecule has 27 heavy (non-hydrogen) atoms. The molecule has 0 atom stereocenters. The van der Waals surface area contributed by atoms with Crippen LogP contribution < -0.4 is 4.90 Å². The Morgan fingerprint density at radius 2 is 1.89 bits per heavy atom. The van der Waals surface area contributed by atoms with Gasteiger partial charge in [0, 0.05) is 35.1 Å². The Morgan fingerprint density at radius 1 is 1.07 bits per heavy atom. The molecule has 2 aromatic heterocycles. The van der Waals surface area contributed by atoms with Crippen molar-refractivity contribution in [2.24, 2.45) is 0 Å². The van der Waals surface area contributed by atoms with Crippen molar-refractivity contribution in [3.8, 4) is 11.3 Å². The van der Waals surface area contributed by atoms with Crippen LogP contribution in [0.3, 0.4) is 0 Å². The minimum atomic E-state index is 0.150. The highest BCUT2D eigenvalue weighted by molar-refractivity contribution is 7.15. The summed E-state index contributed by atoms with van der Waals surface area (Å²) in [7, 11) is 0. The minimum absolute atomic E-state index is 0.150. The van der Waals surface area contributed by atoms with Crippen LogP contribution in [0, 0.1) is 0 Å². The van der Waals surface area contributed by atoms with Gasteiger partial charge < -0.3 is 4.90 Å². The summed E-state index contributed by atoms with van der Waals surface area (Å²) in [5.74, 6) is 0.150. The van der Waals surface area contributed by atoms with Gasteiger partial charge in [-0.15, -0.1) is 11.3 Å². The number of anilines is 1. The van der Waals surface area contributed by atoms with E-state index in [0.29, 0.717) is 6.42 Å². The number of aromatic nitrogens is 2. The van der Waals surface area contributed by atoms with Crippen LogP contribution in [0.5, 0.6) is 0 Å². The molecule has 4 aromatic rings. The molecule has 1 aliphatic heterocycles. The van der Waals surface area contributed by atoms with Crippen LogP contribution in [0.15, 0.2) is 66.2 Å². The van der Waals surface area contributed by atoms with E-state index >= 15 is 0 Å². The number of aryl methyl sites for hydroxylation is 1. The van der Waals surface area contributed by atoms with Crippen molar-refractivity contribution < 1.29 is 4.79 Å². The van der Waals surface area contributed by atoms with Gasteiger partial charge in [-0.3, -0.25) is 9.20 Å². The first-order valence-electron chi connectivity index (χ1n) is 9.19. The molecule has 0 saturated heterocycles. The number of benzene rings is 2. The molecule has 0 spiro atoms. The first kappa shape index (κ1) is 16.3. The molecular formula is C22H19N3OS. The van der Waals surface area contributed by atoms with Gasteiger partial charge in [-0.25, -0.2) is 4.98 Å². The van der Waals surface area contributed by atoms with Crippen LogP contribution in [0.4, 0.5) is 5.69 Å². The highest BCUT2D eigenvalue weighted by Crippen LogP contribution is 2.28. The number of fused-ring (bicyclic) bond motifs is 2. The lowest BCUT2D eigenvalue weighted by atomic mass is 10.0. The normalized spacial score (nSPS) is 13.7. The molecule has 3 heterocycles. The molecule has 0 saturated carbocycles. The number of hydrogen-bond acceptors (Lipinski definition) is 3. The van der Waals surface area contributed by atoms with Crippen LogP contribution in [-0.2, 0) is 17.6 Å². The maximum Gasteiger partial charge on any atom is 0.232 e. The van der Waals surface area contributed by atoms with Gasteiger partial charge in [-0.1, -0.05) is 48.5 Å². The molecule has 5 heteroatoms. The summed E-state index contributed by atoms with van der Waals surface area (Å²) < 4.78 is 2.06. The van der Waals surface area contributed by atoms with Crippen LogP contribution in [0.2, 0.25) is 0 Å². The predicted octanol–water partition coefficient (Wildman–Crippen LogP) is 4.58. The lowest BCUT2D eigenvalue weighted by Gasteiger charge is -2.29. The van der Waals surface area contributed by atoms with Gasteiger partial charge >= 0.3 is 0 Å². The van der Waals surface area contributed by atoms with E-state index in [4.69, 9.17) is 4.98 Å². The number of thiazole rings is 1. The van der Waals surface area contributed by atoms with Crippen LogP contribution >= 0.6 is 11.3 Å². The number of hydrogen-bond donors (Lipinski definition) is 0. The Morgan fingerprint density at radius 3 is 2.78 bits per heavy atom. The zero-order valence-electron chi connectivity index (χ0n) is 14.8. The molecule has 1 amide bonds. The van der Waals surface area contributed by atoms with Crippen LogP contribution in [-0.4, -0.2) is 21.8 Å². The zero-order chi connectivity index (χ0) is 18.2. The average Bonchev–Trinajstić information content (AvgIpc) is 3.30. The summed E-state index contributed by atoms with van der Waals surface area (Å²) in [6.07, 6.45) is 4.49. The smallest absolute Gasteiger partial charge is 0.232 e. The Bertz CT molecular complexity index is 1110. The third-order valence-electron chi connectivity index (χ3n) is 5.10. The highest BCUT2D eigenvalue weighted by Gasteiger charge is 2.23. The Labute approximate surface area is 161 Å². The number of nitrogens with zero attached hydrogens (tertiary/aromatic N) is 3. The number of rotatable bonds is 3. The first-order valence-corrected chi connectivity index (χ1v) is 10.1. The van der Waals surface area contributed by atoms with Crippen molar-refractivity contribution in [1.82, 2.24) is 9.38 Å². The van der Waals surface area contributed by atoms with E-state index in [1.54, 1.807) is 11.3 Å². The molecule has 0 unspecified atom stereocenters. The van der Waals surface area contributed by atoms with Crippen molar-refractivity contribution in [3.63, 3.8) is 0 Å². The quantitative estimate of drug-likeness (QED) is 0.527. The summed E-state index contributed by atoms with van der Waals surface area (Å²) >= 11 is 1.58. The van der Waals surface area contributed by atoms with E-state index in [2.05, 4.69) is 28.7 Å². The molecule has 0 bridgehead atoms. The van der Waals surface area contributed by atoms with Gasteiger partial charge in [0.15, 0.2) is 4.96 Å². The number of imidazole rings is 1. The fourth-order valence-electron chi connectivity index (χ4n) is 3.75. The number of para-hydroxylation sites is 1. The molecular weight excluding hydrogens is 354 g/mol. The summed E-state index contributed by atoms with van der Waals surface area (Å²) in [5.41, 5.74) is 5.37. The van der Waals surface area contributed by atoms with E-state index in [0.717, 1.165) is 47.0 Å². The monoisotopic (exact) mass is 373 g/mol. The van der Waals surface area contributed by atoms with Crippen LogP contribution in [0.1, 0.15) is 17.7 Å². The van der Waals surface area contributed by atoms with E-state index in [1.807, 2.05) is 46.8 Å². The maximum absolute atomic E-state index is 13.0. The number of carbonyl (C=O) groups excluding carboxylic acids is 1. The maximum atomic E-state index is 13.0. The molecule has 0 N–H and O–H groups in total.